The van der Waals surface area contributed by atoms with Gasteiger partial charge in [-0.3, -0.25) is 4.90 Å². The Morgan fingerprint density at radius 3 is 2.19 bits per heavy atom. The Bertz CT molecular complexity index is 374. The van der Waals surface area contributed by atoms with Crippen molar-refractivity contribution in [3.63, 3.8) is 0 Å². The zero-order valence-corrected chi connectivity index (χ0v) is 12.4. The van der Waals surface area contributed by atoms with Crippen LogP contribution in [0.5, 0.6) is 0 Å². The number of hydrogen-bond donors (Lipinski definition) is 3. The van der Waals surface area contributed by atoms with Crippen molar-refractivity contribution in [2.45, 2.75) is 37.6 Å². The minimum absolute atomic E-state index is 0.119. The summed E-state index contributed by atoms with van der Waals surface area (Å²) in [6.07, 6.45) is 3.75. The van der Waals surface area contributed by atoms with Gasteiger partial charge in [-0.2, -0.15) is 0 Å². The SMILES string of the molecule is O=C(NC1(C(=O)O)CCCCC1)N1CCN(CCO)CC1. The van der Waals surface area contributed by atoms with E-state index in [0.717, 1.165) is 19.3 Å². The molecule has 0 aromatic rings. The van der Waals surface area contributed by atoms with Crippen molar-refractivity contribution in [2.75, 3.05) is 39.3 Å². The molecule has 2 rings (SSSR count). The number of rotatable bonds is 4. The van der Waals surface area contributed by atoms with Crippen LogP contribution in [-0.4, -0.2) is 76.9 Å². The summed E-state index contributed by atoms with van der Waals surface area (Å²) < 4.78 is 0. The van der Waals surface area contributed by atoms with E-state index in [1.807, 2.05) is 0 Å². The van der Waals surface area contributed by atoms with Crippen LogP contribution in [0.15, 0.2) is 0 Å². The predicted molar refractivity (Wildman–Crippen MR) is 77.1 cm³/mol. The summed E-state index contributed by atoms with van der Waals surface area (Å²) in [4.78, 5) is 27.7. The molecule has 0 spiro atoms. The topological polar surface area (TPSA) is 93.1 Å². The molecule has 0 radical (unpaired) electrons. The predicted octanol–water partition coefficient (Wildman–Crippen LogP) is 0.0934. The number of piperazine rings is 1. The fourth-order valence-electron chi connectivity index (χ4n) is 3.15. The molecule has 21 heavy (non-hydrogen) atoms. The highest BCUT2D eigenvalue weighted by atomic mass is 16.4. The molecule has 0 atom stereocenters. The minimum atomic E-state index is -1.09. The van der Waals surface area contributed by atoms with Crippen LogP contribution in [0.1, 0.15) is 32.1 Å². The van der Waals surface area contributed by atoms with Crippen molar-refractivity contribution in [1.82, 2.24) is 15.1 Å². The molecule has 2 aliphatic rings. The Labute approximate surface area is 124 Å². The van der Waals surface area contributed by atoms with E-state index in [-0.39, 0.29) is 12.6 Å². The number of nitrogens with zero attached hydrogens (tertiary/aromatic N) is 2. The summed E-state index contributed by atoms with van der Waals surface area (Å²) in [6, 6.07) is -0.275. The second-order valence-electron chi connectivity index (χ2n) is 5.93. The van der Waals surface area contributed by atoms with Gasteiger partial charge in [0, 0.05) is 32.7 Å². The second-order valence-corrected chi connectivity index (χ2v) is 5.93. The van der Waals surface area contributed by atoms with Gasteiger partial charge in [0.25, 0.3) is 0 Å². The normalized spacial score (nSPS) is 22.8. The molecular formula is C14H25N3O4. The fraction of sp³-hybridized carbons (Fsp3) is 0.857. The van der Waals surface area contributed by atoms with Gasteiger partial charge in [0.05, 0.1) is 6.61 Å². The monoisotopic (exact) mass is 299 g/mol. The van der Waals surface area contributed by atoms with Crippen LogP contribution in [-0.2, 0) is 4.79 Å². The van der Waals surface area contributed by atoms with Crippen molar-refractivity contribution in [3.05, 3.63) is 0 Å². The standard InChI is InChI=1S/C14H25N3O4/c18-11-10-16-6-8-17(9-7-16)13(21)15-14(12(19)20)4-2-1-3-5-14/h18H,1-11H2,(H,15,21)(H,19,20). The maximum atomic E-state index is 12.3. The molecule has 0 aromatic heterocycles. The van der Waals surface area contributed by atoms with E-state index in [1.54, 1.807) is 4.90 Å². The number of aliphatic hydroxyl groups excluding tert-OH is 1. The number of carbonyl (C=O) groups excluding carboxylic acids is 1. The number of β-amino-alcohol motifs (C(OH)–C–C–N with tert-alkyl or cyclic N) is 1. The van der Waals surface area contributed by atoms with Gasteiger partial charge < -0.3 is 20.4 Å². The van der Waals surface area contributed by atoms with Crippen molar-refractivity contribution in [2.24, 2.45) is 0 Å². The summed E-state index contributed by atoms with van der Waals surface area (Å²) in [7, 11) is 0. The van der Waals surface area contributed by atoms with Crippen LogP contribution >= 0.6 is 0 Å². The van der Waals surface area contributed by atoms with Gasteiger partial charge in [-0.15, -0.1) is 0 Å². The molecule has 0 unspecified atom stereocenters. The van der Waals surface area contributed by atoms with E-state index in [0.29, 0.717) is 45.6 Å². The number of amides is 2. The Morgan fingerprint density at radius 1 is 1.05 bits per heavy atom. The Kier molecular flexibility index (Phi) is 5.41. The Hall–Kier alpha value is -1.34. The van der Waals surface area contributed by atoms with Gasteiger partial charge in [-0.05, 0) is 12.8 Å². The molecule has 0 bridgehead atoms. The fourth-order valence-corrected chi connectivity index (χ4v) is 3.15. The zero-order chi connectivity index (χ0) is 15.3. The first-order valence-electron chi connectivity index (χ1n) is 7.71. The highest BCUT2D eigenvalue weighted by Gasteiger charge is 2.42. The van der Waals surface area contributed by atoms with Crippen LogP contribution in [0, 0.1) is 0 Å². The highest BCUT2D eigenvalue weighted by Crippen LogP contribution is 2.28. The van der Waals surface area contributed by atoms with Gasteiger partial charge in [0.1, 0.15) is 5.54 Å². The lowest BCUT2D eigenvalue weighted by molar-refractivity contribution is -0.146. The second kappa shape index (κ2) is 7.09. The van der Waals surface area contributed by atoms with Crippen LogP contribution in [0.2, 0.25) is 0 Å². The molecule has 1 heterocycles. The van der Waals surface area contributed by atoms with Crippen molar-refractivity contribution < 1.29 is 19.8 Å². The number of carboxylic acids is 1. The van der Waals surface area contributed by atoms with Crippen LogP contribution in [0.4, 0.5) is 4.79 Å². The number of aliphatic carboxylic acids is 1. The minimum Gasteiger partial charge on any atom is -0.480 e. The molecule has 1 saturated carbocycles. The molecule has 7 nitrogen and oxygen atoms in total. The number of urea groups is 1. The van der Waals surface area contributed by atoms with Crippen LogP contribution in [0.25, 0.3) is 0 Å². The van der Waals surface area contributed by atoms with E-state index >= 15 is 0 Å². The lowest BCUT2D eigenvalue weighted by Crippen LogP contribution is -2.61. The smallest absolute Gasteiger partial charge is 0.329 e. The number of nitrogens with one attached hydrogen (secondary N) is 1. The van der Waals surface area contributed by atoms with Gasteiger partial charge in [-0.25, -0.2) is 9.59 Å². The molecule has 0 aromatic carbocycles. The molecule has 2 fully saturated rings. The largest absolute Gasteiger partial charge is 0.480 e. The van der Waals surface area contributed by atoms with E-state index in [1.165, 1.54) is 0 Å². The first-order valence-corrected chi connectivity index (χ1v) is 7.71. The number of aliphatic hydroxyl groups is 1. The summed E-state index contributed by atoms with van der Waals surface area (Å²) in [5.74, 6) is -0.922. The van der Waals surface area contributed by atoms with E-state index < -0.39 is 11.5 Å². The third-order valence-corrected chi connectivity index (χ3v) is 4.54. The van der Waals surface area contributed by atoms with Gasteiger partial charge in [0.2, 0.25) is 0 Å². The van der Waals surface area contributed by atoms with Gasteiger partial charge in [0.15, 0.2) is 0 Å². The zero-order valence-electron chi connectivity index (χ0n) is 12.4. The molecule has 7 heteroatoms. The maximum Gasteiger partial charge on any atom is 0.329 e. The molecule has 1 saturated heterocycles. The molecule has 3 N–H and O–H groups in total. The molecule has 1 aliphatic heterocycles. The Balaban J connectivity index is 1.90. The molecule has 120 valence electrons. The molecule has 2 amide bonds. The van der Waals surface area contributed by atoms with E-state index in [2.05, 4.69) is 10.2 Å². The summed E-state index contributed by atoms with van der Waals surface area (Å²) in [5.41, 5.74) is -1.09. The van der Waals surface area contributed by atoms with Crippen LogP contribution < -0.4 is 5.32 Å². The summed E-state index contributed by atoms with van der Waals surface area (Å²) >= 11 is 0. The molecule has 1 aliphatic carbocycles. The highest BCUT2D eigenvalue weighted by molar-refractivity contribution is 5.86. The average molecular weight is 299 g/mol. The number of hydrogen-bond acceptors (Lipinski definition) is 4. The third kappa shape index (κ3) is 3.85. The number of carboxylic acid groups (broad SMARTS) is 1. The Morgan fingerprint density at radius 2 is 1.67 bits per heavy atom. The van der Waals surface area contributed by atoms with Crippen LogP contribution in [0.3, 0.4) is 0 Å². The van der Waals surface area contributed by atoms with Gasteiger partial charge >= 0.3 is 12.0 Å². The van der Waals surface area contributed by atoms with Crippen molar-refractivity contribution in [1.29, 1.82) is 0 Å². The quantitative estimate of drug-likeness (QED) is 0.684. The maximum absolute atomic E-state index is 12.3. The summed E-state index contributed by atoms with van der Waals surface area (Å²) in [6.45, 7) is 3.31. The average Bonchev–Trinajstić information content (AvgIpc) is 2.49. The molecular weight excluding hydrogens is 274 g/mol. The lowest BCUT2D eigenvalue weighted by Gasteiger charge is -2.39. The first-order chi connectivity index (χ1) is 10.1. The van der Waals surface area contributed by atoms with Crippen molar-refractivity contribution >= 4 is 12.0 Å². The third-order valence-electron chi connectivity index (χ3n) is 4.54. The lowest BCUT2D eigenvalue weighted by atomic mass is 9.82. The van der Waals surface area contributed by atoms with E-state index in [4.69, 9.17) is 5.11 Å². The summed E-state index contributed by atoms with van der Waals surface area (Å²) in [5, 5.41) is 21.2. The number of carbonyl (C=O) groups is 2. The first kappa shape index (κ1) is 16.0. The van der Waals surface area contributed by atoms with E-state index in [9.17, 15) is 14.7 Å². The van der Waals surface area contributed by atoms with Gasteiger partial charge in [-0.1, -0.05) is 19.3 Å². The van der Waals surface area contributed by atoms with Crippen molar-refractivity contribution in [3.8, 4) is 0 Å².